The first-order chi connectivity index (χ1) is 17.0. The summed E-state index contributed by atoms with van der Waals surface area (Å²) in [7, 11) is 0. The number of pyridine rings is 1. The van der Waals surface area contributed by atoms with Gasteiger partial charge in [0.1, 0.15) is 15.8 Å². The van der Waals surface area contributed by atoms with E-state index in [1.807, 2.05) is 49.4 Å². The number of rotatable bonds is 5. The number of benzene rings is 1. The summed E-state index contributed by atoms with van der Waals surface area (Å²) >= 11 is 6.83. The molecule has 5 rings (SSSR count). The Morgan fingerprint density at radius 3 is 2.49 bits per heavy atom. The van der Waals surface area contributed by atoms with Crippen molar-refractivity contribution in [3.05, 3.63) is 81.1 Å². The van der Waals surface area contributed by atoms with Gasteiger partial charge in [-0.25, -0.2) is 4.98 Å². The van der Waals surface area contributed by atoms with E-state index in [9.17, 15) is 9.59 Å². The molecule has 2 aliphatic rings. The van der Waals surface area contributed by atoms with Crippen LogP contribution in [0.3, 0.4) is 0 Å². The molecule has 3 aromatic rings. The Kier molecular flexibility index (Phi) is 6.73. The number of hydrogen-bond donors (Lipinski definition) is 0. The largest absolute Gasteiger partial charge is 0.353 e. The van der Waals surface area contributed by atoms with Gasteiger partial charge in [0.15, 0.2) is 0 Å². The number of carbonyl (C=O) groups is 1. The molecule has 2 fully saturated rings. The molecule has 1 aromatic carbocycles. The molecule has 7 nitrogen and oxygen atoms in total. The summed E-state index contributed by atoms with van der Waals surface area (Å²) in [5.74, 6) is 0.439. The fourth-order valence-corrected chi connectivity index (χ4v) is 5.96. The first kappa shape index (κ1) is 23.7. The molecule has 1 amide bonds. The van der Waals surface area contributed by atoms with Crippen molar-refractivity contribution in [3.63, 3.8) is 0 Å². The van der Waals surface area contributed by atoms with Gasteiger partial charge in [-0.2, -0.15) is 0 Å². The molecule has 0 N–H and O–H groups in total. The van der Waals surface area contributed by atoms with Gasteiger partial charge < -0.3 is 9.80 Å². The molecule has 35 heavy (non-hydrogen) atoms. The lowest BCUT2D eigenvalue weighted by atomic mass is 10.1. The molecule has 0 aliphatic carbocycles. The minimum Gasteiger partial charge on any atom is -0.353 e. The summed E-state index contributed by atoms with van der Waals surface area (Å²) in [6.07, 6.45) is 3.40. The van der Waals surface area contributed by atoms with Crippen molar-refractivity contribution in [2.24, 2.45) is 0 Å². The minimum atomic E-state index is -0.202. The second-order valence-electron chi connectivity index (χ2n) is 8.64. The fourth-order valence-electron chi connectivity index (χ4n) is 4.56. The lowest BCUT2D eigenvalue weighted by Gasteiger charge is -2.35. The standard InChI is InChI=1S/C26H27N5O2S2/c1-3-28-13-15-29(16-14-28)23-20(24(32)30-12-8-7-11-22(30)27-23)17-21-25(33)31(26(34)35-21)18(2)19-9-5-4-6-10-19/h4-12,17-18H,3,13-16H2,1-2H3/b21-17-. The van der Waals surface area contributed by atoms with Crippen LogP contribution in [0, 0.1) is 0 Å². The third kappa shape index (κ3) is 4.51. The third-order valence-corrected chi connectivity index (χ3v) is 7.97. The first-order valence-electron chi connectivity index (χ1n) is 11.8. The van der Waals surface area contributed by atoms with Gasteiger partial charge in [-0.1, -0.05) is 67.3 Å². The third-order valence-electron chi connectivity index (χ3n) is 6.64. The summed E-state index contributed by atoms with van der Waals surface area (Å²) in [5.41, 5.74) is 1.83. The van der Waals surface area contributed by atoms with Crippen LogP contribution in [0.4, 0.5) is 5.82 Å². The molecule has 1 atom stereocenters. The Morgan fingerprint density at radius 2 is 1.77 bits per heavy atom. The number of fused-ring (bicyclic) bond motifs is 1. The maximum absolute atomic E-state index is 13.6. The van der Waals surface area contributed by atoms with E-state index in [1.165, 1.54) is 16.2 Å². The van der Waals surface area contributed by atoms with Crippen molar-refractivity contribution in [2.75, 3.05) is 37.6 Å². The van der Waals surface area contributed by atoms with E-state index in [0.29, 0.717) is 26.3 Å². The zero-order valence-electron chi connectivity index (χ0n) is 19.8. The molecule has 2 aromatic heterocycles. The maximum Gasteiger partial charge on any atom is 0.267 e. The second kappa shape index (κ2) is 9.93. The monoisotopic (exact) mass is 505 g/mol. The van der Waals surface area contributed by atoms with E-state index in [2.05, 4.69) is 16.7 Å². The number of hydrogen-bond acceptors (Lipinski definition) is 7. The SMILES string of the molecule is CCN1CCN(c2nc3ccccn3c(=O)c2/C=C2\SC(=S)N(C(C)c3ccccc3)C2=O)CC1. The number of anilines is 1. The average Bonchev–Trinajstić information content (AvgIpc) is 3.18. The Bertz CT molecular complexity index is 1360. The van der Waals surface area contributed by atoms with Gasteiger partial charge in [-0.05, 0) is 37.2 Å². The summed E-state index contributed by atoms with van der Waals surface area (Å²) in [6.45, 7) is 8.47. The van der Waals surface area contributed by atoms with Crippen molar-refractivity contribution in [1.82, 2.24) is 19.2 Å². The molecule has 9 heteroatoms. The fraction of sp³-hybridized carbons (Fsp3) is 0.308. The predicted molar refractivity (Wildman–Crippen MR) is 146 cm³/mol. The smallest absolute Gasteiger partial charge is 0.267 e. The number of aromatic nitrogens is 2. The highest BCUT2D eigenvalue weighted by Gasteiger charge is 2.36. The van der Waals surface area contributed by atoms with Crippen molar-refractivity contribution in [3.8, 4) is 0 Å². The number of thiocarbonyl (C=S) groups is 1. The van der Waals surface area contributed by atoms with Crippen LogP contribution >= 0.6 is 24.0 Å². The zero-order chi connectivity index (χ0) is 24.5. The van der Waals surface area contributed by atoms with Gasteiger partial charge >= 0.3 is 0 Å². The van der Waals surface area contributed by atoms with Crippen LogP contribution in [0.5, 0.6) is 0 Å². The van der Waals surface area contributed by atoms with Crippen LogP contribution in [-0.4, -0.2) is 62.1 Å². The van der Waals surface area contributed by atoms with Crippen LogP contribution in [0.2, 0.25) is 0 Å². The second-order valence-corrected chi connectivity index (χ2v) is 10.3. The molecule has 0 bridgehead atoms. The number of carbonyl (C=O) groups excluding carboxylic acids is 1. The molecular weight excluding hydrogens is 478 g/mol. The molecule has 2 saturated heterocycles. The number of thioether (sulfide) groups is 1. The van der Waals surface area contributed by atoms with Gasteiger partial charge in [0, 0.05) is 32.4 Å². The van der Waals surface area contributed by atoms with E-state index >= 15 is 0 Å². The Morgan fingerprint density at radius 1 is 1.06 bits per heavy atom. The molecular formula is C26H27N5O2S2. The first-order valence-corrected chi connectivity index (χ1v) is 13.0. The van der Waals surface area contributed by atoms with Crippen molar-refractivity contribution in [1.29, 1.82) is 0 Å². The van der Waals surface area contributed by atoms with Crippen LogP contribution in [0.25, 0.3) is 11.7 Å². The zero-order valence-corrected chi connectivity index (χ0v) is 21.4. The molecule has 2 aliphatic heterocycles. The average molecular weight is 506 g/mol. The summed E-state index contributed by atoms with van der Waals surface area (Å²) in [6, 6.07) is 15.1. The summed E-state index contributed by atoms with van der Waals surface area (Å²) in [5, 5.41) is 0. The summed E-state index contributed by atoms with van der Waals surface area (Å²) in [4.78, 5) is 38.5. The van der Waals surface area contributed by atoms with E-state index in [4.69, 9.17) is 17.2 Å². The maximum atomic E-state index is 13.6. The van der Waals surface area contributed by atoms with Crippen LogP contribution in [0.1, 0.15) is 31.0 Å². The van der Waals surface area contributed by atoms with Gasteiger partial charge in [-0.3, -0.25) is 18.9 Å². The lowest BCUT2D eigenvalue weighted by molar-refractivity contribution is -0.123. The van der Waals surface area contributed by atoms with Crippen molar-refractivity contribution < 1.29 is 4.79 Å². The van der Waals surface area contributed by atoms with E-state index < -0.39 is 0 Å². The normalized spacial score (nSPS) is 19.2. The highest BCUT2D eigenvalue weighted by atomic mass is 32.2. The van der Waals surface area contributed by atoms with Gasteiger partial charge in [0.25, 0.3) is 11.5 Å². The highest BCUT2D eigenvalue weighted by Crippen LogP contribution is 2.38. The number of piperazine rings is 1. The summed E-state index contributed by atoms with van der Waals surface area (Å²) < 4.78 is 2.02. The predicted octanol–water partition coefficient (Wildman–Crippen LogP) is 3.80. The van der Waals surface area contributed by atoms with Crippen LogP contribution < -0.4 is 10.5 Å². The van der Waals surface area contributed by atoms with Crippen LogP contribution in [-0.2, 0) is 4.79 Å². The van der Waals surface area contributed by atoms with E-state index in [1.54, 1.807) is 23.2 Å². The van der Waals surface area contributed by atoms with Gasteiger partial charge in [-0.15, -0.1) is 0 Å². The number of amides is 1. The Hall–Kier alpha value is -3.01. The lowest BCUT2D eigenvalue weighted by Crippen LogP contribution is -2.47. The molecule has 0 saturated carbocycles. The van der Waals surface area contributed by atoms with Crippen molar-refractivity contribution in [2.45, 2.75) is 19.9 Å². The quantitative estimate of drug-likeness (QED) is 0.386. The highest BCUT2D eigenvalue weighted by molar-refractivity contribution is 8.26. The molecule has 4 heterocycles. The molecule has 180 valence electrons. The molecule has 1 unspecified atom stereocenters. The van der Waals surface area contributed by atoms with E-state index in [0.717, 1.165) is 38.3 Å². The van der Waals surface area contributed by atoms with Gasteiger partial charge in [0.05, 0.1) is 16.5 Å². The van der Waals surface area contributed by atoms with Gasteiger partial charge in [0.2, 0.25) is 0 Å². The number of likely N-dealkylation sites (N-methyl/N-ethyl adjacent to an activating group) is 1. The van der Waals surface area contributed by atoms with E-state index in [-0.39, 0.29) is 17.5 Å². The minimum absolute atomic E-state index is 0.185. The topological polar surface area (TPSA) is 61.2 Å². The number of nitrogens with zero attached hydrogens (tertiary/aromatic N) is 5. The molecule has 0 spiro atoms. The van der Waals surface area contributed by atoms with Crippen molar-refractivity contribution >= 4 is 51.7 Å². The Labute approximate surface area is 214 Å². The Balaban J connectivity index is 1.55. The molecule has 0 radical (unpaired) electrons. The van der Waals surface area contributed by atoms with Crippen LogP contribution in [0.15, 0.2) is 64.4 Å².